The molecule has 0 spiro atoms. The number of carbonyl (C=O) groups excluding carboxylic acids is 2. The predicted molar refractivity (Wildman–Crippen MR) is 76.4 cm³/mol. The van der Waals surface area contributed by atoms with Gasteiger partial charge in [0, 0.05) is 18.0 Å². The average Bonchev–Trinajstić information content (AvgIpc) is 2.55. The Morgan fingerprint density at radius 2 is 1.81 bits per heavy atom. The zero-order valence-electron chi connectivity index (χ0n) is 11.8. The van der Waals surface area contributed by atoms with E-state index in [2.05, 4.69) is 4.98 Å². The highest BCUT2D eigenvalue weighted by molar-refractivity contribution is 6.01. The number of methoxy groups -OCH3 is 1. The summed E-state index contributed by atoms with van der Waals surface area (Å²) in [7, 11) is 1.55. The van der Waals surface area contributed by atoms with E-state index in [1.54, 1.807) is 56.6 Å². The second kappa shape index (κ2) is 6.65. The van der Waals surface area contributed by atoms with Gasteiger partial charge in [0.25, 0.3) is 0 Å². The minimum atomic E-state index is -0.869. The van der Waals surface area contributed by atoms with Crippen molar-refractivity contribution in [2.75, 3.05) is 7.11 Å². The molecule has 0 saturated carbocycles. The first-order chi connectivity index (χ1) is 10.1. The molecule has 2 aromatic rings. The van der Waals surface area contributed by atoms with E-state index in [9.17, 15) is 9.59 Å². The molecular formula is C16H15NO4. The number of rotatable bonds is 5. The molecule has 0 radical (unpaired) electrons. The fourth-order valence-electron chi connectivity index (χ4n) is 1.76. The summed E-state index contributed by atoms with van der Waals surface area (Å²) in [5.41, 5.74) is 0.772. The predicted octanol–water partition coefficient (Wildman–Crippen LogP) is 2.52. The van der Waals surface area contributed by atoms with E-state index in [0.717, 1.165) is 0 Å². The summed E-state index contributed by atoms with van der Waals surface area (Å²) in [6.45, 7) is 1.54. The van der Waals surface area contributed by atoms with Crippen LogP contribution in [0.4, 0.5) is 0 Å². The molecule has 0 fully saturated rings. The van der Waals surface area contributed by atoms with Crippen LogP contribution in [0.25, 0.3) is 0 Å². The summed E-state index contributed by atoms with van der Waals surface area (Å²) in [5, 5.41) is 0. The van der Waals surface area contributed by atoms with Gasteiger partial charge in [0.15, 0.2) is 6.10 Å². The SMILES string of the molecule is COc1ccc(C(=O)[C@@H](C)OC(=O)c2cccnc2)cc1. The van der Waals surface area contributed by atoms with Gasteiger partial charge in [-0.1, -0.05) is 0 Å². The molecule has 108 valence electrons. The molecule has 0 N–H and O–H groups in total. The molecule has 0 unspecified atom stereocenters. The van der Waals surface area contributed by atoms with Crippen molar-refractivity contribution in [2.24, 2.45) is 0 Å². The molecule has 1 heterocycles. The van der Waals surface area contributed by atoms with Gasteiger partial charge in [-0.3, -0.25) is 9.78 Å². The van der Waals surface area contributed by atoms with E-state index < -0.39 is 12.1 Å². The van der Waals surface area contributed by atoms with Crippen molar-refractivity contribution in [3.63, 3.8) is 0 Å². The van der Waals surface area contributed by atoms with Gasteiger partial charge in [0.05, 0.1) is 12.7 Å². The van der Waals surface area contributed by atoms with Gasteiger partial charge >= 0.3 is 5.97 Å². The fraction of sp³-hybridized carbons (Fsp3) is 0.188. The lowest BCUT2D eigenvalue weighted by Gasteiger charge is -2.12. The number of esters is 1. The van der Waals surface area contributed by atoms with E-state index in [4.69, 9.17) is 9.47 Å². The Hall–Kier alpha value is -2.69. The summed E-state index contributed by atoms with van der Waals surface area (Å²) in [6, 6.07) is 9.85. The van der Waals surface area contributed by atoms with Gasteiger partial charge in [-0.05, 0) is 43.3 Å². The largest absolute Gasteiger partial charge is 0.497 e. The van der Waals surface area contributed by atoms with Crippen molar-refractivity contribution in [2.45, 2.75) is 13.0 Å². The quantitative estimate of drug-likeness (QED) is 0.624. The number of ether oxygens (including phenoxy) is 2. The third-order valence-corrected chi connectivity index (χ3v) is 2.92. The molecule has 0 saturated heterocycles. The lowest BCUT2D eigenvalue weighted by molar-refractivity contribution is 0.0318. The average molecular weight is 285 g/mol. The van der Waals surface area contributed by atoms with Crippen molar-refractivity contribution in [3.8, 4) is 5.75 Å². The highest BCUT2D eigenvalue weighted by Crippen LogP contribution is 2.14. The Morgan fingerprint density at radius 3 is 2.38 bits per heavy atom. The molecule has 0 aliphatic rings. The molecule has 0 aliphatic heterocycles. The van der Waals surface area contributed by atoms with Crippen molar-refractivity contribution < 1.29 is 19.1 Å². The van der Waals surface area contributed by atoms with Crippen molar-refractivity contribution in [1.29, 1.82) is 0 Å². The van der Waals surface area contributed by atoms with E-state index >= 15 is 0 Å². The van der Waals surface area contributed by atoms with Crippen LogP contribution in [-0.2, 0) is 4.74 Å². The molecule has 0 aliphatic carbocycles. The summed E-state index contributed by atoms with van der Waals surface area (Å²) in [6.07, 6.45) is 2.08. The highest BCUT2D eigenvalue weighted by atomic mass is 16.5. The van der Waals surface area contributed by atoms with Crippen LogP contribution in [0.15, 0.2) is 48.8 Å². The minimum Gasteiger partial charge on any atom is -0.497 e. The Balaban J connectivity index is 2.03. The maximum atomic E-state index is 12.2. The number of hydrogen-bond acceptors (Lipinski definition) is 5. The van der Waals surface area contributed by atoms with Crippen LogP contribution < -0.4 is 4.74 Å². The Kier molecular flexibility index (Phi) is 4.66. The monoisotopic (exact) mass is 285 g/mol. The van der Waals surface area contributed by atoms with E-state index in [0.29, 0.717) is 16.9 Å². The second-order valence-corrected chi connectivity index (χ2v) is 4.38. The minimum absolute atomic E-state index is 0.269. The molecule has 1 aromatic carbocycles. The summed E-state index contributed by atoms with van der Waals surface area (Å²) in [4.78, 5) is 27.9. The lowest BCUT2D eigenvalue weighted by atomic mass is 10.1. The van der Waals surface area contributed by atoms with Crippen LogP contribution in [0, 0.1) is 0 Å². The van der Waals surface area contributed by atoms with Crippen LogP contribution in [0.2, 0.25) is 0 Å². The Bertz CT molecular complexity index is 622. The standard InChI is InChI=1S/C16H15NO4/c1-11(21-16(19)13-4-3-9-17-10-13)15(18)12-5-7-14(20-2)8-6-12/h3-11H,1-2H3/t11-/m1/s1. The van der Waals surface area contributed by atoms with Crippen LogP contribution in [0.1, 0.15) is 27.6 Å². The molecule has 1 atom stereocenters. The van der Waals surface area contributed by atoms with Crippen LogP contribution in [0.3, 0.4) is 0 Å². The molecule has 5 nitrogen and oxygen atoms in total. The number of benzene rings is 1. The first-order valence-corrected chi connectivity index (χ1v) is 6.41. The molecule has 2 rings (SSSR count). The third-order valence-electron chi connectivity index (χ3n) is 2.92. The number of aromatic nitrogens is 1. The van der Waals surface area contributed by atoms with E-state index in [1.165, 1.54) is 6.20 Å². The summed E-state index contributed by atoms with van der Waals surface area (Å²) < 4.78 is 10.2. The lowest BCUT2D eigenvalue weighted by Crippen LogP contribution is -2.24. The van der Waals surface area contributed by atoms with Crippen LogP contribution >= 0.6 is 0 Å². The van der Waals surface area contributed by atoms with Crippen LogP contribution in [-0.4, -0.2) is 30.0 Å². The topological polar surface area (TPSA) is 65.5 Å². The summed E-state index contributed by atoms with van der Waals surface area (Å²) in [5.74, 6) is -0.182. The molecule has 0 amide bonds. The normalized spacial score (nSPS) is 11.5. The van der Waals surface area contributed by atoms with Gasteiger partial charge in [0.1, 0.15) is 5.75 Å². The maximum absolute atomic E-state index is 12.2. The van der Waals surface area contributed by atoms with Crippen molar-refractivity contribution in [1.82, 2.24) is 4.98 Å². The molecular weight excluding hydrogens is 270 g/mol. The van der Waals surface area contributed by atoms with E-state index in [1.807, 2.05) is 0 Å². The number of carbonyl (C=O) groups is 2. The van der Waals surface area contributed by atoms with Gasteiger partial charge in [-0.15, -0.1) is 0 Å². The fourth-order valence-corrected chi connectivity index (χ4v) is 1.76. The Labute approximate surface area is 122 Å². The molecule has 21 heavy (non-hydrogen) atoms. The second-order valence-electron chi connectivity index (χ2n) is 4.38. The highest BCUT2D eigenvalue weighted by Gasteiger charge is 2.20. The smallest absolute Gasteiger partial charge is 0.340 e. The Morgan fingerprint density at radius 1 is 1.10 bits per heavy atom. The third kappa shape index (κ3) is 3.66. The zero-order chi connectivity index (χ0) is 15.2. The summed E-state index contributed by atoms with van der Waals surface area (Å²) >= 11 is 0. The van der Waals surface area contributed by atoms with Gasteiger partial charge in [-0.25, -0.2) is 4.79 Å². The molecule has 0 bridgehead atoms. The van der Waals surface area contributed by atoms with E-state index in [-0.39, 0.29) is 5.78 Å². The number of Topliss-reactive ketones (excluding diaryl/α,β-unsaturated/α-hetero) is 1. The molecule has 1 aromatic heterocycles. The van der Waals surface area contributed by atoms with Crippen molar-refractivity contribution in [3.05, 3.63) is 59.9 Å². The van der Waals surface area contributed by atoms with Crippen molar-refractivity contribution >= 4 is 11.8 Å². The van der Waals surface area contributed by atoms with Gasteiger partial charge in [-0.2, -0.15) is 0 Å². The number of ketones is 1. The number of nitrogens with zero attached hydrogens (tertiary/aromatic N) is 1. The first-order valence-electron chi connectivity index (χ1n) is 6.41. The van der Waals surface area contributed by atoms with Crippen LogP contribution in [0.5, 0.6) is 5.75 Å². The zero-order valence-corrected chi connectivity index (χ0v) is 11.8. The van der Waals surface area contributed by atoms with Gasteiger partial charge < -0.3 is 9.47 Å². The maximum Gasteiger partial charge on any atom is 0.340 e. The van der Waals surface area contributed by atoms with Gasteiger partial charge in [0.2, 0.25) is 5.78 Å². The molecule has 5 heteroatoms. The number of hydrogen-bond donors (Lipinski definition) is 0. The first kappa shape index (κ1) is 14.7. The number of pyridine rings is 1.